The Labute approximate surface area is 399 Å². The molecule has 4 N–H and O–H groups in total. The van der Waals surface area contributed by atoms with Crippen LogP contribution in [0.1, 0.15) is 259 Å². The molecule has 0 atom stereocenters. The standard InChI is InChI=1S/4C11H22OS.C5H12O4/c4*1-2-3-4-5-6-7-8-9-10-11(12)13;6-1-5(2-7,3-8)4-9/h4*2-10H2,1H3,(H,12,13);6-9H,1-4H2. The maximum atomic E-state index is 10.5. The van der Waals surface area contributed by atoms with Gasteiger partial charge in [0.1, 0.15) is 0 Å². The van der Waals surface area contributed by atoms with E-state index in [1.54, 1.807) is 0 Å². The molecule has 0 amide bonds. The summed E-state index contributed by atoms with van der Waals surface area (Å²) in [6.45, 7) is 7.31. The number of hydrogen-bond acceptors (Lipinski definition) is 8. The fraction of sp³-hybridized carbons (Fsp3) is 0.918. The Morgan fingerprint density at radius 2 is 0.410 bits per heavy atom. The van der Waals surface area contributed by atoms with E-state index in [2.05, 4.69) is 78.2 Å². The molecule has 0 heterocycles. The Hall–Kier alpha value is -0.0800. The minimum atomic E-state index is -1.11. The molecule has 61 heavy (non-hydrogen) atoms. The van der Waals surface area contributed by atoms with Gasteiger partial charge in [0, 0.05) is 25.7 Å². The van der Waals surface area contributed by atoms with Crippen LogP contribution in [0.15, 0.2) is 0 Å². The maximum Gasteiger partial charge on any atom is 0.185 e. The molecule has 0 aromatic rings. The first kappa shape index (κ1) is 69.9. The van der Waals surface area contributed by atoms with Crippen molar-refractivity contribution in [1.82, 2.24) is 0 Å². The molecule has 0 spiro atoms. The quantitative estimate of drug-likeness (QED) is 0.0224. The van der Waals surface area contributed by atoms with E-state index in [-0.39, 0.29) is 20.5 Å². The van der Waals surface area contributed by atoms with Crippen LogP contribution < -0.4 is 0 Å². The van der Waals surface area contributed by atoms with E-state index in [0.717, 1.165) is 25.7 Å². The van der Waals surface area contributed by atoms with Crippen LogP contribution in [0.25, 0.3) is 0 Å². The third-order valence-electron chi connectivity index (χ3n) is 10.3. The van der Waals surface area contributed by atoms with E-state index >= 15 is 0 Å². The molecule has 12 heteroatoms. The van der Waals surface area contributed by atoms with Crippen LogP contribution in [0.2, 0.25) is 0 Å². The lowest BCUT2D eigenvalue weighted by molar-refractivity contribution is -0.111. The van der Waals surface area contributed by atoms with E-state index in [1.165, 1.54) is 180 Å². The van der Waals surface area contributed by atoms with Crippen molar-refractivity contribution in [2.45, 2.75) is 259 Å². The predicted octanol–water partition coefficient (Wildman–Crippen LogP) is 13.8. The molecule has 0 fully saturated rings. The number of hydrogen-bond donors (Lipinski definition) is 8. The first-order valence-electron chi connectivity index (χ1n) is 24.6. The van der Waals surface area contributed by atoms with Crippen molar-refractivity contribution in [3.63, 3.8) is 0 Å². The highest BCUT2D eigenvalue weighted by atomic mass is 32.1. The molecule has 0 aromatic heterocycles. The maximum absolute atomic E-state index is 10.5. The lowest BCUT2D eigenvalue weighted by atomic mass is 9.93. The highest BCUT2D eigenvalue weighted by Gasteiger charge is 2.26. The van der Waals surface area contributed by atoms with E-state index in [4.69, 9.17) is 20.4 Å². The Kier molecular flexibility index (Phi) is 71.1. The third-order valence-corrected chi connectivity index (χ3v) is 11.2. The van der Waals surface area contributed by atoms with Gasteiger partial charge in [-0.05, 0) is 25.7 Å². The monoisotopic (exact) mass is 945 g/mol. The third kappa shape index (κ3) is 74.6. The number of unbranched alkanes of at least 4 members (excludes halogenated alkanes) is 28. The second kappa shape index (κ2) is 62.0. The van der Waals surface area contributed by atoms with Gasteiger partial charge in [-0.3, -0.25) is 19.2 Å². The molecule has 0 aliphatic carbocycles. The summed E-state index contributed by atoms with van der Waals surface area (Å²) in [5, 5.41) is 34.1. The number of carbonyl (C=O) groups is 4. The van der Waals surface area contributed by atoms with Crippen LogP contribution in [0, 0.1) is 5.41 Å². The molecule has 0 aromatic carbocycles. The zero-order valence-electron chi connectivity index (χ0n) is 40.0. The largest absolute Gasteiger partial charge is 0.396 e. The van der Waals surface area contributed by atoms with Crippen molar-refractivity contribution < 1.29 is 39.6 Å². The molecule has 368 valence electrons. The fourth-order valence-electron chi connectivity index (χ4n) is 5.94. The molecule has 0 bridgehead atoms. The summed E-state index contributed by atoms with van der Waals surface area (Å²) in [7, 11) is 0. The van der Waals surface area contributed by atoms with Crippen molar-refractivity contribution in [1.29, 1.82) is 0 Å². The summed E-state index contributed by atoms with van der Waals surface area (Å²) >= 11 is 14.9. The van der Waals surface area contributed by atoms with Gasteiger partial charge in [-0.15, -0.1) is 50.5 Å². The Balaban J connectivity index is -0.000000215. The van der Waals surface area contributed by atoms with Crippen LogP contribution in [0.4, 0.5) is 0 Å². The number of aliphatic hydroxyl groups excluding tert-OH is 4. The van der Waals surface area contributed by atoms with Crippen LogP contribution in [-0.2, 0) is 19.2 Å². The summed E-state index contributed by atoms with van der Waals surface area (Å²) in [6.07, 6.45) is 43.6. The highest BCUT2D eigenvalue weighted by Crippen LogP contribution is 2.14. The molecular formula is C49H100O8S4. The van der Waals surface area contributed by atoms with Gasteiger partial charge in [0.2, 0.25) is 0 Å². The fourth-order valence-corrected chi connectivity index (χ4v) is 6.57. The average Bonchev–Trinajstić information content (AvgIpc) is 3.23. The second-order valence-corrected chi connectivity index (χ2v) is 18.6. The second-order valence-electron chi connectivity index (χ2n) is 16.6. The molecule has 0 saturated carbocycles. The van der Waals surface area contributed by atoms with Crippen LogP contribution in [-0.4, -0.2) is 67.3 Å². The van der Waals surface area contributed by atoms with E-state index in [1.807, 2.05) is 0 Å². The summed E-state index contributed by atoms with van der Waals surface area (Å²) in [5.41, 5.74) is -1.11. The molecule has 0 rings (SSSR count). The molecule has 8 nitrogen and oxygen atoms in total. The van der Waals surface area contributed by atoms with Crippen molar-refractivity contribution >= 4 is 71.0 Å². The Morgan fingerprint density at radius 3 is 0.508 bits per heavy atom. The predicted molar refractivity (Wildman–Crippen MR) is 276 cm³/mol. The van der Waals surface area contributed by atoms with Gasteiger partial charge in [0.25, 0.3) is 0 Å². The summed E-state index contributed by atoms with van der Waals surface area (Å²) in [5.74, 6) is 0. The van der Waals surface area contributed by atoms with Crippen LogP contribution in [0.3, 0.4) is 0 Å². The average molecular weight is 946 g/mol. The first-order valence-corrected chi connectivity index (χ1v) is 26.4. The molecule has 0 saturated heterocycles. The van der Waals surface area contributed by atoms with Crippen molar-refractivity contribution in [3.05, 3.63) is 0 Å². The number of aliphatic hydroxyl groups is 4. The van der Waals surface area contributed by atoms with Crippen LogP contribution in [0.5, 0.6) is 0 Å². The summed E-state index contributed by atoms with van der Waals surface area (Å²) in [4.78, 5) is 41.9. The van der Waals surface area contributed by atoms with Crippen molar-refractivity contribution in [2.24, 2.45) is 5.41 Å². The Bertz CT molecular complexity index is 753. The SMILES string of the molecule is CCCCCCCCCCC(=O)S.CCCCCCCCCCC(=O)S.CCCCCCCCCCC(=O)S.CCCCCCCCCCC(=O)S.OCC(CO)(CO)CO. The molecule has 0 unspecified atom stereocenters. The van der Waals surface area contributed by atoms with Crippen LogP contribution >= 0.6 is 50.5 Å². The van der Waals surface area contributed by atoms with Gasteiger partial charge in [0.15, 0.2) is 20.5 Å². The van der Waals surface area contributed by atoms with Gasteiger partial charge in [-0.2, -0.15) is 0 Å². The van der Waals surface area contributed by atoms with Crippen molar-refractivity contribution in [3.8, 4) is 0 Å². The lowest BCUT2D eigenvalue weighted by Crippen LogP contribution is -2.37. The van der Waals surface area contributed by atoms with Gasteiger partial charge < -0.3 is 20.4 Å². The number of rotatable bonds is 40. The zero-order valence-corrected chi connectivity index (χ0v) is 43.6. The number of thiol groups is 4. The molecule has 0 aliphatic rings. The minimum Gasteiger partial charge on any atom is -0.396 e. The minimum absolute atomic E-state index is 0.0333. The molecule has 0 radical (unpaired) electrons. The van der Waals surface area contributed by atoms with Gasteiger partial charge >= 0.3 is 0 Å². The normalized spacial score (nSPS) is 10.6. The topological polar surface area (TPSA) is 149 Å². The van der Waals surface area contributed by atoms with Gasteiger partial charge in [0.05, 0.1) is 31.8 Å². The molecule has 0 aliphatic heterocycles. The zero-order chi connectivity index (χ0) is 47.1. The van der Waals surface area contributed by atoms with E-state index < -0.39 is 31.8 Å². The van der Waals surface area contributed by atoms with Gasteiger partial charge in [-0.1, -0.05) is 207 Å². The van der Waals surface area contributed by atoms with Crippen molar-refractivity contribution in [2.75, 3.05) is 26.4 Å². The van der Waals surface area contributed by atoms with E-state index in [9.17, 15) is 19.2 Å². The summed E-state index contributed by atoms with van der Waals surface area (Å²) < 4.78 is 0. The lowest BCUT2D eigenvalue weighted by Gasteiger charge is -2.23. The van der Waals surface area contributed by atoms with Gasteiger partial charge in [-0.25, -0.2) is 0 Å². The van der Waals surface area contributed by atoms with E-state index in [0.29, 0.717) is 25.7 Å². The summed E-state index contributed by atoms with van der Waals surface area (Å²) in [6, 6.07) is 0. The Morgan fingerprint density at radius 1 is 0.279 bits per heavy atom. The highest BCUT2D eigenvalue weighted by molar-refractivity contribution is 7.97. The first-order chi connectivity index (χ1) is 29.3. The number of carbonyl (C=O) groups excluding carboxylic acids is 4. The smallest absolute Gasteiger partial charge is 0.185 e. The molecular weight excluding hydrogens is 845 g/mol.